The first-order chi connectivity index (χ1) is 13.6. The van der Waals surface area contributed by atoms with Crippen molar-refractivity contribution in [3.8, 4) is 5.75 Å². The van der Waals surface area contributed by atoms with E-state index in [2.05, 4.69) is 5.32 Å². The van der Waals surface area contributed by atoms with Crippen LogP contribution in [0.4, 0.5) is 0 Å². The Bertz CT molecular complexity index is 1140. The number of fused-ring (bicyclic) bond motifs is 1. The molecule has 0 aromatic heterocycles. The molecule has 0 radical (unpaired) electrons. The second-order valence-corrected chi connectivity index (χ2v) is 6.92. The van der Waals surface area contributed by atoms with Crippen LogP contribution in [-0.4, -0.2) is 11.0 Å². The number of amides is 1. The van der Waals surface area contributed by atoms with Crippen LogP contribution in [0.15, 0.2) is 91.0 Å². The van der Waals surface area contributed by atoms with Crippen molar-refractivity contribution in [3.63, 3.8) is 0 Å². The van der Waals surface area contributed by atoms with E-state index >= 15 is 0 Å². The van der Waals surface area contributed by atoms with Crippen molar-refractivity contribution in [2.24, 2.45) is 0 Å². The lowest BCUT2D eigenvalue weighted by Crippen LogP contribution is -2.29. The van der Waals surface area contributed by atoms with E-state index in [-0.39, 0.29) is 11.7 Å². The number of benzene rings is 4. The summed E-state index contributed by atoms with van der Waals surface area (Å²) in [5.41, 5.74) is 1.92. The van der Waals surface area contributed by atoms with Gasteiger partial charge in [0.15, 0.2) is 0 Å². The van der Waals surface area contributed by atoms with Crippen LogP contribution in [0.25, 0.3) is 10.8 Å². The highest BCUT2D eigenvalue weighted by Gasteiger charge is 2.23. The zero-order chi connectivity index (χ0) is 19.5. The molecule has 0 aliphatic carbocycles. The molecular weight excluding hydrogens is 370 g/mol. The quantitative estimate of drug-likeness (QED) is 0.470. The maximum atomic E-state index is 13.0. The Morgan fingerprint density at radius 1 is 0.821 bits per heavy atom. The molecule has 0 aliphatic heterocycles. The Morgan fingerprint density at radius 3 is 2.29 bits per heavy atom. The summed E-state index contributed by atoms with van der Waals surface area (Å²) in [5.74, 6) is -0.168. The lowest BCUT2D eigenvalue weighted by Gasteiger charge is -2.23. The minimum absolute atomic E-state index is 0.131. The molecule has 4 rings (SSSR count). The first-order valence-electron chi connectivity index (χ1n) is 8.96. The van der Waals surface area contributed by atoms with Gasteiger partial charge in [0.05, 0.1) is 16.6 Å². The van der Waals surface area contributed by atoms with E-state index in [0.717, 1.165) is 16.3 Å². The summed E-state index contributed by atoms with van der Waals surface area (Å²) >= 11 is 6.21. The molecule has 0 bridgehead atoms. The number of carbonyl (C=O) groups excluding carboxylic acids is 1. The van der Waals surface area contributed by atoms with Gasteiger partial charge in [-0.05, 0) is 34.5 Å². The van der Waals surface area contributed by atoms with Gasteiger partial charge in [-0.3, -0.25) is 4.79 Å². The van der Waals surface area contributed by atoms with Crippen LogP contribution in [0.3, 0.4) is 0 Å². The van der Waals surface area contributed by atoms with Crippen molar-refractivity contribution in [2.45, 2.75) is 6.04 Å². The molecule has 0 saturated carbocycles. The van der Waals surface area contributed by atoms with Gasteiger partial charge in [0.2, 0.25) is 0 Å². The van der Waals surface area contributed by atoms with E-state index in [9.17, 15) is 9.90 Å². The Hall–Kier alpha value is -3.30. The largest absolute Gasteiger partial charge is 0.508 e. The van der Waals surface area contributed by atoms with Gasteiger partial charge in [0.1, 0.15) is 5.75 Å². The van der Waals surface area contributed by atoms with Crippen LogP contribution in [0.1, 0.15) is 27.5 Å². The van der Waals surface area contributed by atoms with Gasteiger partial charge in [-0.2, -0.15) is 0 Å². The summed E-state index contributed by atoms with van der Waals surface area (Å²) in [4.78, 5) is 13.0. The second kappa shape index (κ2) is 7.75. The fourth-order valence-electron chi connectivity index (χ4n) is 3.41. The van der Waals surface area contributed by atoms with Crippen LogP contribution < -0.4 is 5.32 Å². The number of aromatic hydroxyl groups is 1. The molecule has 0 fully saturated rings. The van der Waals surface area contributed by atoms with Crippen LogP contribution in [-0.2, 0) is 0 Å². The number of phenols is 1. The summed E-state index contributed by atoms with van der Waals surface area (Å²) in [6.07, 6.45) is 0. The van der Waals surface area contributed by atoms with Crippen molar-refractivity contribution in [1.82, 2.24) is 5.32 Å². The van der Waals surface area contributed by atoms with Gasteiger partial charge in [0, 0.05) is 5.56 Å². The number of nitrogens with one attached hydrogen (secondary N) is 1. The third-order valence-corrected chi connectivity index (χ3v) is 5.09. The van der Waals surface area contributed by atoms with Gasteiger partial charge in [-0.15, -0.1) is 0 Å². The smallest absolute Gasteiger partial charge is 0.253 e. The second-order valence-electron chi connectivity index (χ2n) is 6.52. The molecule has 0 spiro atoms. The highest BCUT2D eigenvalue weighted by molar-refractivity contribution is 6.33. The van der Waals surface area contributed by atoms with Crippen molar-refractivity contribution < 1.29 is 9.90 Å². The molecule has 4 aromatic rings. The Morgan fingerprint density at radius 2 is 1.50 bits per heavy atom. The van der Waals surface area contributed by atoms with E-state index in [1.54, 1.807) is 30.3 Å². The van der Waals surface area contributed by atoms with E-state index in [0.29, 0.717) is 16.1 Å². The predicted octanol–water partition coefficient (Wildman–Crippen LogP) is 5.72. The van der Waals surface area contributed by atoms with Crippen LogP contribution in [0.5, 0.6) is 5.75 Å². The van der Waals surface area contributed by atoms with Gasteiger partial charge in [0.25, 0.3) is 5.91 Å². The monoisotopic (exact) mass is 387 g/mol. The third-order valence-electron chi connectivity index (χ3n) is 4.76. The average Bonchev–Trinajstić information content (AvgIpc) is 2.73. The lowest BCUT2D eigenvalue weighted by atomic mass is 9.92. The number of halogens is 1. The SMILES string of the molecule is O=C(N[C@@H](c1ccccc1)c1c(O)ccc2ccccc12)c1ccccc1Cl. The molecule has 1 atom stereocenters. The third kappa shape index (κ3) is 3.45. The van der Waals surface area contributed by atoms with Crippen molar-refractivity contribution in [1.29, 1.82) is 0 Å². The minimum Gasteiger partial charge on any atom is -0.508 e. The van der Waals surface area contributed by atoms with Gasteiger partial charge >= 0.3 is 0 Å². The summed E-state index contributed by atoms with van der Waals surface area (Å²) in [7, 11) is 0. The van der Waals surface area contributed by atoms with Crippen LogP contribution in [0.2, 0.25) is 5.02 Å². The summed E-state index contributed by atoms with van der Waals surface area (Å²) in [6, 6.07) is 27.3. The minimum atomic E-state index is -0.531. The molecule has 0 unspecified atom stereocenters. The Kier molecular flexibility index (Phi) is 5.00. The van der Waals surface area contributed by atoms with Gasteiger partial charge < -0.3 is 10.4 Å². The van der Waals surface area contributed by atoms with Crippen molar-refractivity contribution >= 4 is 28.3 Å². The van der Waals surface area contributed by atoms with Crippen molar-refractivity contribution in [3.05, 3.63) is 113 Å². The number of hydrogen-bond donors (Lipinski definition) is 2. The van der Waals surface area contributed by atoms with Crippen LogP contribution in [0, 0.1) is 0 Å². The predicted molar refractivity (Wildman–Crippen MR) is 113 cm³/mol. The highest BCUT2D eigenvalue weighted by atomic mass is 35.5. The molecule has 3 nitrogen and oxygen atoms in total. The van der Waals surface area contributed by atoms with Crippen LogP contribution >= 0.6 is 11.6 Å². The molecule has 4 aromatic carbocycles. The summed E-state index contributed by atoms with van der Waals surface area (Å²) in [6.45, 7) is 0. The Balaban J connectivity index is 1.86. The maximum Gasteiger partial charge on any atom is 0.253 e. The molecule has 1 amide bonds. The lowest BCUT2D eigenvalue weighted by molar-refractivity contribution is 0.0943. The number of hydrogen-bond acceptors (Lipinski definition) is 2. The number of phenolic OH excluding ortho intramolecular Hbond substituents is 1. The molecule has 28 heavy (non-hydrogen) atoms. The van der Waals surface area contributed by atoms with E-state index in [4.69, 9.17) is 11.6 Å². The fraction of sp³-hybridized carbons (Fsp3) is 0.0417. The standard InChI is InChI=1S/C24H18ClNO2/c25-20-13-7-6-12-19(20)24(28)26-23(17-9-2-1-3-10-17)22-18-11-5-4-8-16(18)14-15-21(22)27/h1-15,23,27H,(H,26,28)/t23-/m0/s1. The molecule has 2 N–H and O–H groups in total. The zero-order valence-corrected chi connectivity index (χ0v) is 15.7. The Labute approximate surface area is 168 Å². The number of carbonyl (C=O) groups is 1. The molecule has 4 heteroatoms. The molecule has 0 aliphatic rings. The highest BCUT2D eigenvalue weighted by Crippen LogP contribution is 2.36. The maximum absolute atomic E-state index is 13.0. The molecule has 0 saturated heterocycles. The zero-order valence-electron chi connectivity index (χ0n) is 15.0. The van der Waals surface area contributed by atoms with E-state index in [1.165, 1.54) is 0 Å². The molecular formula is C24H18ClNO2. The number of rotatable bonds is 4. The molecule has 138 valence electrons. The van der Waals surface area contributed by atoms with E-state index in [1.807, 2.05) is 60.7 Å². The first kappa shape index (κ1) is 18.1. The summed E-state index contributed by atoms with van der Waals surface area (Å²) in [5, 5.41) is 16.0. The normalized spacial score (nSPS) is 11.9. The van der Waals surface area contributed by atoms with Gasteiger partial charge in [-0.1, -0.05) is 84.4 Å². The average molecular weight is 388 g/mol. The topological polar surface area (TPSA) is 49.3 Å². The van der Waals surface area contributed by atoms with E-state index < -0.39 is 6.04 Å². The van der Waals surface area contributed by atoms with Gasteiger partial charge in [-0.25, -0.2) is 0 Å². The molecule has 0 heterocycles. The first-order valence-corrected chi connectivity index (χ1v) is 9.34. The van der Waals surface area contributed by atoms with Crippen molar-refractivity contribution in [2.75, 3.05) is 0 Å². The fourth-order valence-corrected chi connectivity index (χ4v) is 3.63. The summed E-state index contributed by atoms with van der Waals surface area (Å²) < 4.78 is 0.